The Labute approximate surface area is 111 Å². The Kier molecular flexibility index (Phi) is 3.51. The smallest absolute Gasteiger partial charge is 0.337 e. The van der Waals surface area contributed by atoms with E-state index in [-0.39, 0.29) is 16.5 Å². The minimum Gasteiger partial charge on any atom is -0.478 e. The molecule has 6 nitrogen and oxygen atoms in total. The summed E-state index contributed by atoms with van der Waals surface area (Å²) in [4.78, 5) is 11.0. The van der Waals surface area contributed by atoms with Crippen LogP contribution in [-0.4, -0.2) is 25.5 Å². The van der Waals surface area contributed by atoms with Gasteiger partial charge < -0.3 is 10.4 Å². The van der Waals surface area contributed by atoms with E-state index in [1.807, 2.05) is 0 Å². The predicted octanol–water partition coefficient (Wildman–Crippen LogP) is 1.24. The van der Waals surface area contributed by atoms with Crippen LogP contribution in [0.2, 0.25) is 0 Å². The van der Waals surface area contributed by atoms with Gasteiger partial charge in [-0.1, -0.05) is 6.92 Å². The molecule has 0 aliphatic heterocycles. The summed E-state index contributed by atoms with van der Waals surface area (Å²) in [7, 11) is -3.90. The molecule has 1 aromatic carbocycles. The summed E-state index contributed by atoms with van der Waals surface area (Å²) >= 11 is 0. The molecule has 0 heterocycles. The summed E-state index contributed by atoms with van der Waals surface area (Å²) < 4.78 is 22.4. The van der Waals surface area contributed by atoms with E-state index >= 15 is 0 Å². The molecule has 1 fully saturated rings. The Hall–Kier alpha value is -1.60. The number of nitrogens with one attached hydrogen (secondary N) is 1. The second-order valence-corrected chi connectivity index (χ2v) is 6.54. The SMILES string of the molecule is CC1CC(Nc2ccc(S(N)(=O)=O)cc2C(=O)O)C1. The Bertz CT molecular complexity index is 606. The first-order valence-corrected chi connectivity index (χ1v) is 7.48. The van der Waals surface area contributed by atoms with E-state index in [4.69, 9.17) is 10.2 Å². The quantitative estimate of drug-likeness (QED) is 0.770. The van der Waals surface area contributed by atoms with Crippen molar-refractivity contribution in [1.82, 2.24) is 0 Å². The Morgan fingerprint density at radius 2 is 2.05 bits per heavy atom. The van der Waals surface area contributed by atoms with Gasteiger partial charge >= 0.3 is 5.97 Å². The number of nitrogens with two attached hydrogens (primary N) is 1. The number of carbonyl (C=O) groups is 1. The molecule has 0 atom stereocenters. The van der Waals surface area contributed by atoms with Gasteiger partial charge in [0.1, 0.15) is 0 Å². The largest absolute Gasteiger partial charge is 0.478 e. The fraction of sp³-hybridized carbons (Fsp3) is 0.417. The van der Waals surface area contributed by atoms with Crippen molar-refractivity contribution in [2.45, 2.75) is 30.7 Å². The minimum absolute atomic E-state index is 0.0777. The van der Waals surface area contributed by atoms with Crippen LogP contribution in [0.4, 0.5) is 5.69 Å². The molecular weight excluding hydrogens is 268 g/mol. The fourth-order valence-electron chi connectivity index (χ4n) is 2.24. The van der Waals surface area contributed by atoms with E-state index < -0.39 is 16.0 Å². The number of primary sulfonamides is 1. The van der Waals surface area contributed by atoms with Crippen molar-refractivity contribution in [3.05, 3.63) is 23.8 Å². The van der Waals surface area contributed by atoms with E-state index in [2.05, 4.69) is 12.2 Å². The van der Waals surface area contributed by atoms with Crippen LogP contribution in [0.3, 0.4) is 0 Å². The molecule has 1 saturated carbocycles. The van der Waals surface area contributed by atoms with Gasteiger partial charge in [0.05, 0.1) is 10.5 Å². The van der Waals surface area contributed by atoms with Crippen LogP contribution in [0.1, 0.15) is 30.1 Å². The molecule has 0 spiro atoms. The molecule has 0 amide bonds. The highest BCUT2D eigenvalue weighted by molar-refractivity contribution is 7.89. The maximum absolute atomic E-state index is 11.2. The number of aromatic carboxylic acids is 1. The minimum atomic E-state index is -3.90. The molecule has 0 radical (unpaired) electrons. The number of sulfonamides is 1. The third kappa shape index (κ3) is 3.05. The van der Waals surface area contributed by atoms with Crippen molar-refractivity contribution in [1.29, 1.82) is 0 Å². The van der Waals surface area contributed by atoms with Crippen LogP contribution < -0.4 is 10.5 Å². The van der Waals surface area contributed by atoms with Crippen molar-refractivity contribution in [2.75, 3.05) is 5.32 Å². The standard InChI is InChI=1S/C12H16N2O4S/c1-7-4-8(5-7)14-11-3-2-9(19(13,17)18)6-10(11)12(15)16/h2-3,6-8,14H,4-5H2,1H3,(H,15,16)(H2,13,17,18). The van der Waals surface area contributed by atoms with E-state index in [0.29, 0.717) is 11.6 Å². The van der Waals surface area contributed by atoms with Crippen molar-refractivity contribution in [3.63, 3.8) is 0 Å². The zero-order valence-corrected chi connectivity index (χ0v) is 11.3. The molecule has 104 valence electrons. The summed E-state index contributed by atoms with van der Waals surface area (Å²) in [5, 5.41) is 17.2. The van der Waals surface area contributed by atoms with Crippen LogP contribution in [0.15, 0.2) is 23.1 Å². The van der Waals surface area contributed by atoms with Gasteiger partial charge in [0.15, 0.2) is 0 Å². The van der Waals surface area contributed by atoms with E-state index in [0.717, 1.165) is 18.9 Å². The summed E-state index contributed by atoms with van der Waals surface area (Å²) in [5.74, 6) is -0.546. The lowest BCUT2D eigenvalue weighted by molar-refractivity contribution is 0.0697. The highest BCUT2D eigenvalue weighted by Gasteiger charge is 2.26. The highest BCUT2D eigenvalue weighted by atomic mass is 32.2. The number of benzene rings is 1. The van der Waals surface area contributed by atoms with Crippen molar-refractivity contribution in [2.24, 2.45) is 11.1 Å². The number of rotatable bonds is 4. The number of carboxylic acids is 1. The first-order chi connectivity index (χ1) is 8.77. The molecule has 7 heteroatoms. The lowest BCUT2D eigenvalue weighted by Gasteiger charge is -2.34. The molecule has 1 aromatic rings. The number of anilines is 1. The maximum atomic E-state index is 11.2. The van der Waals surface area contributed by atoms with Crippen LogP contribution in [0, 0.1) is 5.92 Å². The molecule has 0 aromatic heterocycles. The zero-order valence-electron chi connectivity index (χ0n) is 10.5. The van der Waals surface area contributed by atoms with E-state index in [1.165, 1.54) is 12.1 Å². The topological polar surface area (TPSA) is 109 Å². The van der Waals surface area contributed by atoms with Crippen LogP contribution in [0.5, 0.6) is 0 Å². The number of hydrogen-bond donors (Lipinski definition) is 3. The van der Waals surface area contributed by atoms with Crippen molar-refractivity contribution >= 4 is 21.7 Å². The molecule has 2 rings (SSSR count). The molecule has 19 heavy (non-hydrogen) atoms. The monoisotopic (exact) mass is 284 g/mol. The fourth-order valence-corrected chi connectivity index (χ4v) is 2.78. The van der Waals surface area contributed by atoms with Gasteiger partial charge in [-0.15, -0.1) is 0 Å². The van der Waals surface area contributed by atoms with Crippen molar-refractivity contribution < 1.29 is 18.3 Å². The van der Waals surface area contributed by atoms with Gasteiger partial charge in [0.25, 0.3) is 0 Å². The second kappa shape index (κ2) is 4.82. The van der Waals surface area contributed by atoms with Gasteiger partial charge in [-0.3, -0.25) is 0 Å². The van der Waals surface area contributed by atoms with Gasteiger partial charge in [-0.25, -0.2) is 18.4 Å². The molecule has 0 unspecified atom stereocenters. The lowest BCUT2D eigenvalue weighted by Crippen LogP contribution is -2.34. The molecule has 1 aliphatic carbocycles. The van der Waals surface area contributed by atoms with Crippen molar-refractivity contribution in [3.8, 4) is 0 Å². The van der Waals surface area contributed by atoms with Gasteiger partial charge in [0, 0.05) is 11.7 Å². The molecule has 1 aliphatic rings. The third-order valence-electron chi connectivity index (χ3n) is 3.28. The Morgan fingerprint density at radius 3 is 2.53 bits per heavy atom. The highest BCUT2D eigenvalue weighted by Crippen LogP contribution is 2.31. The number of hydrogen-bond acceptors (Lipinski definition) is 4. The van der Waals surface area contributed by atoms with Gasteiger partial charge in [-0.05, 0) is 37.0 Å². The normalized spacial score (nSPS) is 22.6. The average molecular weight is 284 g/mol. The van der Waals surface area contributed by atoms with E-state index in [1.54, 1.807) is 0 Å². The Balaban J connectivity index is 2.31. The third-order valence-corrected chi connectivity index (χ3v) is 4.19. The average Bonchev–Trinajstić information content (AvgIpc) is 2.25. The molecular formula is C12H16N2O4S. The van der Waals surface area contributed by atoms with Crippen LogP contribution in [0.25, 0.3) is 0 Å². The second-order valence-electron chi connectivity index (χ2n) is 4.98. The van der Waals surface area contributed by atoms with Gasteiger partial charge in [-0.2, -0.15) is 0 Å². The summed E-state index contributed by atoms with van der Waals surface area (Å²) in [6.45, 7) is 2.13. The molecule has 0 saturated heterocycles. The van der Waals surface area contributed by atoms with Crippen LogP contribution in [-0.2, 0) is 10.0 Å². The summed E-state index contributed by atoms with van der Waals surface area (Å²) in [6.07, 6.45) is 1.96. The predicted molar refractivity (Wildman–Crippen MR) is 70.6 cm³/mol. The molecule has 4 N–H and O–H groups in total. The lowest BCUT2D eigenvalue weighted by atomic mass is 9.81. The maximum Gasteiger partial charge on any atom is 0.337 e. The summed E-state index contributed by atoms with van der Waals surface area (Å²) in [6, 6.07) is 4.09. The first-order valence-electron chi connectivity index (χ1n) is 5.94. The van der Waals surface area contributed by atoms with E-state index in [9.17, 15) is 13.2 Å². The summed E-state index contributed by atoms with van der Waals surface area (Å²) in [5.41, 5.74) is 0.350. The molecule has 0 bridgehead atoms. The Morgan fingerprint density at radius 1 is 1.42 bits per heavy atom. The van der Waals surface area contributed by atoms with Crippen LogP contribution >= 0.6 is 0 Å². The first kappa shape index (κ1) is 13.8. The van der Waals surface area contributed by atoms with Gasteiger partial charge in [0.2, 0.25) is 10.0 Å². The zero-order chi connectivity index (χ0) is 14.2. The number of carboxylic acid groups (broad SMARTS) is 1.